The van der Waals surface area contributed by atoms with Gasteiger partial charge in [-0.3, -0.25) is 14.9 Å². The largest absolute Gasteiger partial charge is 0.454 e. The van der Waals surface area contributed by atoms with Crippen molar-refractivity contribution in [2.45, 2.75) is 94.5 Å². The number of nitrogens with one attached hydrogen (secondary N) is 1. The van der Waals surface area contributed by atoms with Crippen LogP contribution in [0.2, 0.25) is 0 Å². The molecule has 0 radical (unpaired) electrons. The van der Waals surface area contributed by atoms with Crippen LogP contribution in [0.25, 0.3) is 0 Å². The molecule has 282 valence electrons. The molecular weight excluding hydrogens is 674 g/mol. The number of carbonyl (C=O) groups excluding carboxylic acids is 3. The molecule has 1 aliphatic heterocycles. The third-order valence-electron chi connectivity index (χ3n) is 12.5. The monoisotopic (exact) mass is 725 g/mol. The number of fused-ring (bicyclic) bond motifs is 3. The number of carbonyl (C=O) groups is 3. The minimum Gasteiger partial charge on any atom is -0.454 e. The first kappa shape index (κ1) is 38.5. The lowest BCUT2D eigenvalue weighted by Gasteiger charge is -2.71. The minimum absolute atomic E-state index is 0.240. The molecule has 3 aromatic carbocycles. The van der Waals surface area contributed by atoms with Crippen molar-refractivity contribution in [3.63, 3.8) is 0 Å². The van der Waals surface area contributed by atoms with Crippen LogP contribution >= 0.6 is 0 Å². The summed E-state index contributed by atoms with van der Waals surface area (Å²) in [5, 5.41) is 39.7. The Kier molecular flexibility index (Phi) is 10.1. The summed E-state index contributed by atoms with van der Waals surface area (Å²) in [4.78, 5) is 41.2. The summed E-state index contributed by atoms with van der Waals surface area (Å²) >= 11 is 0. The van der Waals surface area contributed by atoms with E-state index in [4.69, 9.17) is 14.2 Å². The number of rotatable bonds is 10. The smallest absolute Gasteiger partial charge is 0.344 e. The molecule has 10 nitrogen and oxygen atoms in total. The fourth-order valence-corrected chi connectivity index (χ4v) is 9.92. The van der Waals surface area contributed by atoms with E-state index < -0.39 is 81.7 Å². The highest BCUT2D eigenvalue weighted by Gasteiger charge is 2.81. The second kappa shape index (κ2) is 13.9. The van der Waals surface area contributed by atoms with Crippen LogP contribution in [0.15, 0.2) is 104 Å². The number of aliphatic hydroxyl groups is 3. The van der Waals surface area contributed by atoms with E-state index >= 15 is 0 Å². The SMILES string of the molecule is C=C[C@@]1(C)CC(=O)[C@]2(O)[C@@]3(C)[C@@H](O)CCC(C)(C)[C@@H]3[C@H](O)[C@H](OC(=O)COC(=O)CNC(c3ccccc3)(c3ccccc3)c3ccccc3)[C@@]2(C)O1. The van der Waals surface area contributed by atoms with E-state index in [1.807, 2.05) is 105 Å². The highest BCUT2D eigenvalue weighted by Crippen LogP contribution is 2.67. The van der Waals surface area contributed by atoms with E-state index in [-0.39, 0.29) is 19.4 Å². The van der Waals surface area contributed by atoms with Crippen molar-refractivity contribution in [3.8, 4) is 0 Å². The van der Waals surface area contributed by atoms with E-state index in [1.165, 1.54) is 13.0 Å². The molecule has 0 spiro atoms. The van der Waals surface area contributed by atoms with E-state index in [0.717, 1.165) is 16.7 Å². The molecule has 4 N–H and O–H groups in total. The molecule has 53 heavy (non-hydrogen) atoms. The number of Topliss-reactive ketones (excluding diaryl/α,β-unsaturated/α-hetero) is 1. The third kappa shape index (κ3) is 6.05. The Labute approximate surface area is 311 Å². The Hall–Kier alpha value is -4.19. The zero-order valence-corrected chi connectivity index (χ0v) is 31.1. The van der Waals surface area contributed by atoms with Gasteiger partial charge in [0.2, 0.25) is 0 Å². The van der Waals surface area contributed by atoms with Crippen LogP contribution < -0.4 is 5.32 Å². The Balaban J connectivity index is 1.26. The number of esters is 2. The van der Waals surface area contributed by atoms with Crippen molar-refractivity contribution in [1.29, 1.82) is 0 Å². The Bertz CT molecular complexity index is 1740. The summed E-state index contributed by atoms with van der Waals surface area (Å²) in [5.74, 6) is -3.24. The van der Waals surface area contributed by atoms with Gasteiger partial charge in [0.15, 0.2) is 24.1 Å². The molecule has 3 aliphatic rings. The Morgan fingerprint density at radius 1 is 0.887 bits per heavy atom. The van der Waals surface area contributed by atoms with Crippen LogP contribution in [-0.4, -0.2) is 81.3 Å². The van der Waals surface area contributed by atoms with Crippen LogP contribution in [0.5, 0.6) is 0 Å². The first-order valence-electron chi connectivity index (χ1n) is 18.2. The zero-order chi connectivity index (χ0) is 38.5. The molecule has 2 saturated carbocycles. The van der Waals surface area contributed by atoms with Crippen molar-refractivity contribution in [3.05, 3.63) is 120 Å². The van der Waals surface area contributed by atoms with E-state index in [1.54, 1.807) is 13.8 Å². The molecule has 10 heteroatoms. The van der Waals surface area contributed by atoms with Crippen molar-refractivity contribution < 1.29 is 43.9 Å². The van der Waals surface area contributed by atoms with Crippen molar-refractivity contribution in [1.82, 2.24) is 5.32 Å². The van der Waals surface area contributed by atoms with Crippen LogP contribution in [0.3, 0.4) is 0 Å². The van der Waals surface area contributed by atoms with Gasteiger partial charge in [-0.15, -0.1) is 6.58 Å². The summed E-state index contributed by atoms with van der Waals surface area (Å²) in [6.07, 6.45) is -2.25. The van der Waals surface area contributed by atoms with Crippen LogP contribution in [0, 0.1) is 16.7 Å². The zero-order valence-electron chi connectivity index (χ0n) is 31.1. The van der Waals surface area contributed by atoms with Crippen molar-refractivity contribution >= 4 is 17.7 Å². The van der Waals surface area contributed by atoms with Gasteiger partial charge in [-0.25, -0.2) is 4.79 Å². The summed E-state index contributed by atoms with van der Waals surface area (Å²) in [6.45, 7) is 11.2. The normalized spacial score (nSPS) is 33.5. The molecular formula is C43H51NO9. The maximum Gasteiger partial charge on any atom is 0.344 e. The summed E-state index contributed by atoms with van der Waals surface area (Å²) < 4.78 is 17.9. The predicted molar refractivity (Wildman–Crippen MR) is 197 cm³/mol. The molecule has 3 fully saturated rings. The second-order valence-corrected chi connectivity index (χ2v) is 16.1. The van der Waals surface area contributed by atoms with Crippen molar-refractivity contribution in [2.24, 2.45) is 16.7 Å². The van der Waals surface area contributed by atoms with Gasteiger partial charge in [-0.1, -0.05) is 118 Å². The second-order valence-electron chi connectivity index (χ2n) is 16.1. The lowest BCUT2D eigenvalue weighted by atomic mass is 9.40. The average molecular weight is 726 g/mol. The lowest BCUT2D eigenvalue weighted by molar-refractivity contribution is -0.370. The standard InChI is InChI=1S/C43H51NO9/c1-7-39(4)25-32(46)43(50)40(5)31(45)23-24-38(2,3)36(40)35(49)37(41(43,6)53-39)52-34(48)27-51-33(47)26-44-42(28-17-11-8-12-18-28,29-19-13-9-14-20-29)30-21-15-10-16-22-30/h7-22,31,35-37,44-45,49-50H,1,23-27H2,2-6H3/t31-,35-,36-,37-,39-,40-,41+,43-/m0/s1. The van der Waals surface area contributed by atoms with Crippen LogP contribution in [-0.2, 0) is 34.1 Å². The average Bonchev–Trinajstić information content (AvgIpc) is 3.14. The maximum absolute atomic E-state index is 14.2. The van der Waals surface area contributed by atoms with Crippen LogP contribution in [0.1, 0.15) is 70.6 Å². The first-order valence-corrected chi connectivity index (χ1v) is 18.2. The van der Waals surface area contributed by atoms with Crippen LogP contribution in [0.4, 0.5) is 0 Å². The first-order chi connectivity index (χ1) is 25.0. The molecule has 0 aromatic heterocycles. The van der Waals surface area contributed by atoms with Crippen molar-refractivity contribution in [2.75, 3.05) is 13.2 Å². The van der Waals surface area contributed by atoms with Gasteiger partial charge in [0.1, 0.15) is 5.60 Å². The fourth-order valence-electron chi connectivity index (χ4n) is 9.92. The molecule has 0 amide bonds. The molecule has 2 aliphatic carbocycles. The summed E-state index contributed by atoms with van der Waals surface area (Å²) in [6, 6.07) is 29.1. The quantitative estimate of drug-likeness (QED) is 0.132. The van der Waals surface area contributed by atoms with Gasteiger partial charge >= 0.3 is 11.9 Å². The van der Waals surface area contributed by atoms with E-state index in [2.05, 4.69) is 11.9 Å². The molecule has 1 heterocycles. The van der Waals surface area contributed by atoms with Gasteiger partial charge in [0.25, 0.3) is 0 Å². The highest BCUT2D eigenvalue weighted by molar-refractivity contribution is 5.92. The summed E-state index contributed by atoms with van der Waals surface area (Å²) in [7, 11) is 0. The van der Waals surface area contributed by atoms with Gasteiger partial charge in [0.05, 0.1) is 29.9 Å². The van der Waals surface area contributed by atoms with E-state index in [9.17, 15) is 29.7 Å². The number of hydrogen-bond donors (Lipinski definition) is 4. The number of hydrogen-bond acceptors (Lipinski definition) is 10. The van der Waals surface area contributed by atoms with Gasteiger partial charge in [0, 0.05) is 17.8 Å². The number of aliphatic hydroxyl groups excluding tert-OH is 2. The molecule has 3 aromatic rings. The maximum atomic E-state index is 14.2. The number of ether oxygens (including phenoxy) is 3. The highest BCUT2D eigenvalue weighted by atomic mass is 16.6. The minimum atomic E-state index is -2.37. The number of ketones is 1. The molecule has 1 saturated heterocycles. The molecule has 0 unspecified atom stereocenters. The molecule has 6 rings (SSSR count). The van der Waals surface area contributed by atoms with E-state index in [0.29, 0.717) is 6.42 Å². The molecule has 8 atom stereocenters. The fraction of sp³-hybridized carbons (Fsp3) is 0.465. The predicted octanol–water partition coefficient (Wildman–Crippen LogP) is 4.62. The van der Waals surface area contributed by atoms with Gasteiger partial charge < -0.3 is 29.5 Å². The lowest BCUT2D eigenvalue weighted by Crippen LogP contribution is -2.86. The van der Waals surface area contributed by atoms with Gasteiger partial charge in [-0.05, 0) is 48.8 Å². The Morgan fingerprint density at radius 3 is 1.89 bits per heavy atom. The van der Waals surface area contributed by atoms with Gasteiger partial charge in [-0.2, -0.15) is 0 Å². The summed E-state index contributed by atoms with van der Waals surface area (Å²) in [5.41, 5.74) is -6.23. The number of benzene rings is 3. The Morgan fingerprint density at radius 2 is 1.40 bits per heavy atom. The molecule has 0 bridgehead atoms. The third-order valence-corrected chi connectivity index (χ3v) is 12.5. The topological polar surface area (TPSA) is 152 Å².